The Morgan fingerprint density at radius 3 is 2.64 bits per heavy atom. The van der Waals surface area contributed by atoms with Gasteiger partial charge in [-0.2, -0.15) is 0 Å². The largest absolute Gasteiger partial charge is 0.347 e. The minimum atomic E-state index is -0.185. The highest BCUT2D eigenvalue weighted by atomic mass is 79.9. The lowest BCUT2D eigenvalue weighted by Crippen LogP contribution is -2.17. The lowest BCUT2D eigenvalue weighted by molar-refractivity contribution is 0.102. The first kappa shape index (κ1) is 16.3. The van der Waals surface area contributed by atoms with Gasteiger partial charge in [0.25, 0.3) is 5.91 Å². The molecule has 0 unspecified atom stereocenters. The summed E-state index contributed by atoms with van der Waals surface area (Å²) in [5, 5.41) is 13.1. The van der Waals surface area contributed by atoms with E-state index in [0.717, 1.165) is 28.4 Å². The second-order valence-electron chi connectivity index (χ2n) is 5.76. The predicted octanol–water partition coefficient (Wildman–Crippen LogP) is 3.94. The van der Waals surface area contributed by atoms with Crippen molar-refractivity contribution in [3.05, 3.63) is 52.8 Å². The maximum Gasteiger partial charge on any atom is 0.272 e. The first-order valence-corrected chi connectivity index (χ1v) is 9.65. The van der Waals surface area contributed by atoms with Crippen LogP contribution in [0.5, 0.6) is 0 Å². The number of amides is 1. The van der Waals surface area contributed by atoms with Crippen molar-refractivity contribution in [2.45, 2.75) is 12.8 Å². The number of hydrogen-bond acceptors (Lipinski definition) is 5. The van der Waals surface area contributed by atoms with Crippen LogP contribution in [0, 0.1) is 0 Å². The molecule has 0 saturated carbocycles. The number of nitrogens with zero attached hydrogens (tertiary/aromatic N) is 4. The van der Waals surface area contributed by atoms with Crippen molar-refractivity contribution in [3.8, 4) is 5.13 Å². The number of rotatable bonds is 4. The number of para-hydroxylation sites is 1. The second-order valence-corrected chi connectivity index (χ2v) is 7.55. The Labute approximate surface area is 157 Å². The summed E-state index contributed by atoms with van der Waals surface area (Å²) in [4.78, 5) is 14.9. The third-order valence-corrected chi connectivity index (χ3v) is 5.76. The average molecular weight is 418 g/mol. The molecule has 0 bridgehead atoms. The molecule has 1 aromatic carbocycles. The van der Waals surface area contributed by atoms with Gasteiger partial charge in [-0.15, -0.1) is 10.2 Å². The zero-order valence-electron chi connectivity index (χ0n) is 13.4. The molecule has 1 saturated heterocycles. The van der Waals surface area contributed by atoms with Gasteiger partial charge in [-0.1, -0.05) is 23.5 Å². The Kier molecular flexibility index (Phi) is 4.54. The summed E-state index contributed by atoms with van der Waals surface area (Å²) in [6.45, 7) is 2.05. The van der Waals surface area contributed by atoms with Crippen molar-refractivity contribution in [1.29, 1.82) is 0 Å². The Balaban J connectivity index is 1.58. The summed E-state index contributed by atoms with van der Waals surface area (Å²) in [6.07, 6.45) is 4.22. The summed E-state index contributed by atoms with van der Waals surface area (Å²) < 4.78 is 2.62. The van der Waals surface area contributed by atoms with Crippen LogP contribution in [-0.4, -0.2) is 33.8 Å². The summed E-state index contributed by atoms with van der Waals surface area (Å²) in [6, 6.07) is 11.2. The molecule has 1 aliphatic rings. The molecule has 0 radical (unpaired) electrons. The zero-order valence-corrected chi connectivity index (χ0v) is 15.8. The Morgan fingerprint density at radius 1 is 1.08 bits per heavy atom. The van der Waals surface area contributed by atoms with E-state index in [4.69, 9.17) is 0 Å². The van der Waals surface area contributed by atoms with Crippen LogP contribution in [0.3, 0.4) is 0 Å². The van der Waals surface area contributed by atoms with E-state index in [1.165, 1.54) is 24.2 Å². The molecule has 6 nitrogen and oxygen atoms in total. The fraction of sp³-hybridized carbons (Fsp3) is 0.235. The monoisotopic (exact) mass is 417 g/mol. The third-order valence-electron chi connectivity index (χ3n) is 4.09. The Hall–Kier alpha value is -2.19. The number of carbonyl (C=O) groups is 1. The maximum absolute atomic E-state index is 12.7. The topological polar surface area (TPSA) is 63.1 Å². The minimum absolute atomic E-state index is 0.185. The Morgan fingerprint density at radius 2 is 1.84 bits per heavy atom. The van der Waals surface area contributed by atoms with Gasteiger partial charge >= 0.3 is 0 Å². The number of benzene rings is 1. The zero-order chi connectivity index (χ0) is 17.2. The van der Waals surface area contributed by atoms with E-state index >= 15 is 0 Å². The average Bonchev–Trinajstić information content (AvgIpc) is 3.36. The normalized spacial score (nSPS) is 14.0. The lowest BCUT2D eigenvalue weighted by atomic mass is 10.3. The summed E-state index contributed by atoms with van der Waals surface area (Å²) in [7, 11) is 0. The smallest absolute Gasteiger partial charge is 0.272 e. The molecule has 1 fully saturated rings. The standard InChI is InChI=1S/C17H16BrN5OS/c18-12-6-1-2-7-13(12)19-15(24)14-8-5-11-23(14)17-21-20-16(25-17)22-9-3-4-10-22/h1-2,5-8,11H,3-4,9-10H2,(H,19,24). The van der Waals surface area contributed by atoms with Crippen LogP contribution in [0.1, 0.15) is 23.3 Å². The van der Waals surface area contributed by atoms with Crippen molar-refractivity contribution in [3.63, 3.8) is 0 Å². The number of nitrogens with one attached hydrogen (secondary N) is 1. The number of halogens is 1. The van der Waals surface area contributed by atoms with Crippen LogP contribution in [0.15, 0.2) is 47.1 Å². The highest BCUT2D eigenvalue weighted by Gasteiger charge is 2.20. The highest BCUT2D eigenvalue weighted by molar-refractivity contribution is 9.10. The SMILES string of the molecule is O=C(Nc1ccccc1Br)c1cccn1-c1nnc(N2CCCC2)s1. The summed E-state index contributed by atoms with van der Waals surface area (Å²) >= 11 is 4.95. The predicted molar refractivity (Wildman–Crippen MR) is 103 cm³/mol. The lowest BCUT2D eigenvalue weighted by Gasteiger charge is -2.11. The van der Waals surface area contributed by atoms with E-state index in [9.17, 15) is 4.79 Å². The number of aromatic nitrogens is 3. The molecule has 1 amide bonds. The Bertz CT molecular complexity index is 900. The molecule has 128 valence electrons. The van der Waals surface area contributed by atoms with Crippen molar-refractivity contribution >= 4 is 44.0 Å². The van der Waals surface area contributed by atoms with Gasteiger partial charge in [0.15, 0.2) is 0 Å². The van der Waals surface area contributed by atoms with Gasteiger partial charge < -0.3 is 10.2 Å². The molecule has 3 aromatic rings. The molecule has 4 rings (SSSR count). The van der Waals surface area contributed by atoms with Crippen LogP contribution >= 0.6 is 27.3 Å². The minimum Gasteiger partial charge on any atom is -0.347 e. The van der Waals surface area contributed by atoms with Crippen LogP contribution in [-0.2, 0) is 0 Å². The van der Waals surface area contributed by atoms with Gasteiger partial charge in [-0.05, 0) is 53.0 Å². The molecule has 25 heavy (non-hydrogen) atoms. The van der Waals surface area contributed by atoms with Crippen LogP contribution in [0.2, 0.25) is 0 Å². The maximum atomic E-state index is 12.7. The fourth-order valence-corrected chi connectivity index (χ4v) is 4.10. The number of anilines is 2. The van der Waals surface area contributed by atoms with E-state index in [2.05, 4.69) is 36.3 Å². The summed E-state index contributed by atoms with van der Waals surface area (Å²) in [5.74, 6) is -0.185. The molecule has 0 atom stereocenters. The highest BCUT2D eigenvalue weighted by Crippen LogP contribution is 2.28. The van der Waals surface area contributed by atoms with Gasteiger partial charge in [-0.25, -0.2) is 0 Å². The third kappa shape index (κ3) is 3.32. The van der Waals surface area contributed by atoms with Crippen molar-refractivity contribution in [1.82, 2.24) is 14.8 Å². The molecule has 1 N–H and O–H groups in total. The molecule has 0 aliphatic carbocycles. The molecule has 8 heteroatoms. The van der Waals surface area contributed by atoms with E-state index in [0.29, 0.717) is 10.8 Å². The van der Waals surface area contributed by atoms with E-state index in [1.54, 1.807) is 10.6 Å². The molecule has 0 spiro atoms. The molecular formula is C17H16BrN5OS. The van der Waals surface area contributed by atoms with Gasteiger partial charge in [-0.3, -0.25) is 9.36 Å². The fourth-order valence-electron chi connectivity index (χ4n) is 2.82. The van der Waals surface area contributed by atoms with E-state index in [-0.39, 0.29) is 5.91 Å². The van der Waals surface area contributed by atoms with E-state index < -0.39 is 0 Å². The number of carbonyl (C=O) groups excluding carboxylic acids is 1. The van der Waals surface area contributed by atoms with Gasteiger partial charge in [0.1, 0.15) is 5.69 Å². The van der Waals surface area contributed by atoms with Crippen LogP contribution in [0.4, 0.5) is 10.8 Å². The molecule has 1 aliphatic heterocycles. The van der Waals surface area contributed by atoms with E-state index in [1.807, 2.05) is 36.5 Å². The first-order chi connectivity index (χ1) is 12.2. The van der Waals surface area contributed by atoms with Crippen LogP contribution < -0.4 is 10.2 Å². The van der Waals surface area contributed by atoms with Crippen molar-refractivity contribution < 1.29 is 4.79 Å². The first-order valence-electron chi connectivity index (χ1n) is 8.04. The van der Waals surface area contributed by atoms with Crippen LogP contribution in [0.25, 0.3) is 5.13 Å². The second kappa shape index (κ2) is 6.97. The number of hydrogen-bond donors (Lipinski definition) is 1. The van der Waals surface area contributed by atoms with Gasteiger partial charge in [0.2, 0.25) is 10.3 Å². The van der Waals surface area contributed by atoms with Crippen molar-refractivity contribution in [2.24, 2.45) is 0 Å². The molecule has 2 aromatic heterocycles. The van der Waals surface area contributed by atoms with Gasteiger partial charge in [0.05, 0.1) is 5.69 Å². The van der Waals surface area contributed by atoms with Gasteiger partial charge in [0, 0.05) is 23.8 Å². The quantitative estimate of drug-likeness (QED) is 0.697. The summed E-state index contributed by atoms with van der Waals surface area (Å²) in [5.41, 5.74) is 1.26. The van der Waals surface area contributed by atoms with Crippen molar-refractivity contribution in [2.75, 3.05) is 23.3 Å². The molecule has 3 heterocycles. The molecular weight excluding hydrogens is 402 g/mol.